The Hall–Kier alpha value is -3.61. The molecule has 5 nitrogen and oxygen atoms in total. The van der Waals surface area contributed by atoms with E-state index in [2.05, 4.69) is 25.0 Å². The zero-order valence-electron chi connectivity index (χ0n) is 14.0. The van der Waals surface area contributed by atoms with Gasteiger partial charge in [0.15, 0.2) is 5.82 Å². The van der Waals surface area contributed by atoms with E-state index in [9.17, 15) is 8.78 Å². The summed E-state index contributed by atoms with van der Waals surface area (Å²) in [5.41, 5.74) is 2.27. The Morgan fingerprint density at radius 3 is 2.44 bits per heavy atom. The molecule has 0 aliphatic carbocycles. The van der Waals surface area contributed by atoms with Crippen molar-refractivity contribution in [3.63, 3.8) is 0 Å². The Labute approximate surface area is 153 Å². The second kappa shape index (κ2) is 7.33. The number of aromatic nitrogens is 3. The molecule has 0 aliphatic heterocycles. The molecule has 1 N–H and O–H groups in total. The Bertz CT molecular complexity index is 1060. The van der Waals surface area contributed by atoms with E-state index in [0.29, 0.717) is 17.3 Å². The van der Waals surface area contributed by atoms with Gasteiger partial charge in [0.05, 0.1) is 5.52 Å². The van der Waals surface area contributed by atoms with Crippen LogP contribution in [0.4, 0.5) is 20.3 Å². The third-order valence-electron chi connectivity index (χ3n) is 3.87. The van der Waals surface area contributed by atoms with Gasteiger partial charge < -0.3 is 10.1 Å². The molecule has 2 heterocycles. The SMILES string of the molecule is FC(F)Oc1ccc(Nc2nc(-c3cccnc3)nc3ccccc23)cc1. The second-order valence-corrected chi connectivity index (χ2v) is 5.68. The smallest absolute Gasteiger partial charge is 0.387 e. The van der Waals surface area contributed by atoms with Crippen LogP contribution in [0.3, 0.4) is 0 Å². The first kappa shape index (κ1) is 16.8. The molecule has 2 aromatic carbocycles. The maximum atomic E-state index is 12.3. The standard InChI is InChI=1S/C20H14F2N4O/c21-20(22)27-15-9-7-14(8-10-15)24-19-16-5-1-2-6-17(16)25-18(26-19)13-4-3-11-23-12-13/h1-12,20H,(H,24,25,26). The van der Waals surface area contributed by atoms with Gasteiger partial charge in [0, 0.05) is 29.0 Å². The van der Waals surface area contributed by atoms with Crippen molar-refractivity contribution in [3.8, 4) is 17.1 Å². The van der Waals surface area contributed by atoms with Crippen LogP contribution in [-0.4, -0.2) is 21.6 Å². The highest BCUT2D eigenvalue weighted by atomic mass is 19.3. The van der Waals surface area contributed by atoms with Gasteiger partial charge in [-0.3, -0.25) is 4.98 Å². The quantitative estimate of drug-likeness (QED) is 0.538. The monoisotopic (exact) mass is 364 g/mol. The van der Waals surface area contributed by atoms with Crippen LogP contribution in [0.2, 0.25) is 0 Å². The fraction of sp³-hybridized carbons (Fsp3) is 0.0500. The summed E-state index contributed by atoms with van der Waals surface area (Å²) in [5.74, 6) is 1.25. The van der Waals surface area contributed by atoms with Crippen molar-refractivity contribution in [2.75, 3.05) is 5.32 Å². The van der Waals surface area contributed by atoms with E-state index in [1.165, 1.54) is 12.1 Å². The largest absolute Gasteiger partial charge is 0.435 e. The van der Waals surface area contributed by atoms with Crippen LogP contribution in [0.5, 0.6) is 5.75 Å². The Morgan fingerprint density at radius 1 is 0.889 bits per heavy atom. The van der Waals surface area contributed by atoms with Crippen LogP contribution in [0, 0.1) is 0 Å². The number of nitrogens with zero attached hydrogens (tertiary/aromatic N) is 3. The van der Waals surface area contributed by atoms with Crippen LogP contribution in [0.15, 0.2) is 73.1 Å². The van der Waals surface area contributed by atoms with E-state index in [-0.39, 0.29) is 5.75 Å². The lowest BCUT2D eigenvalue weighted by molar-refractivity contribution is -0.0498. The average molecular weight is 364 g/mol. The molecule has 0 spiro atoms. The summed E-state index contributed by atoms with van der Waals surface area (Å²) < 4.78 is 28.9. The summed E-state index contributed by atoms with van der Waals surface area (Å²) in [5, 5.41) is 4.07. The van der Waals surface area contributed by atoms with Gasteiger partial charge in [-0.2, -0.15) is 8.78 Å². The second-order valence-electron chi connectivity index (χ2n) is 5.68. The van der Waals surface area contributed by atoms with E-state index in [0.717, 1.165) is 16.5 Å². The third kappa shape index (κ3) is 3.82. The minimum Gasteiger partial charge on any atom is -0.435 e. The molecule has 0 atom stereocenters. The lowest BCUT2D eigenvalue weighted by Crippen LogP contribution is -2.02. The van der Waals surface area contributed by atoms with Crippen LogP contribution in [0.1, 0.15) is 0 Å². The molecule has 0 unspecified atom stereocenters. The predicted octanol–water partition coefficient (Wildman–Crippen LogP) is 5.04. The highest BCUT2D eigenvalue weighted by Crippen LogP contribution is 2.28. The minimum absolute atomic E-state index is 0.0964. The molecule has 2 aromatic heterocycles. The lowest BCUT2D eigenvalue weighted by atomic mass is 10.2. The van der Waals surface area contributed by atoms with Crippen LogP contribution >= 0.6 is 0 Å². The highest BCUT2D eigenvalue weighted by molar-refractivity contribution is 5.92. The number of ether oxygens (including phenoxy) is 1. The highest BCUT2D eigenvalue weighted by Gasteiger charge is 2.10. The average Bonchev–Trinajstić information content (AvgIpc) is 2.70. The van der Waals surface area contributed by atoms with Crippen molar-refractivity contribution in [2.24, 2.45) is 0 Å². The van der Waals surface area contributed by atoms with E-state index in [1.54, 1.807) is 24.5 Å². The van der Waals surface area contributed by atoms with Gasteiger partial charge in [0.2, 0.25) is 0 Å². The van der Waals surface area contributed by atoms with E-state index >= 15 is 0 Å². The fourth-order valence-electron chi connectivity index (χ4n) is 2.65. The van der Waals surface area contributed by atoms with Crippen LogP contribution in [0.25, 0.3) is 22.3 Å². The first-order valence-electron chi connectivity index (χ1n) is 8.18. The Balaban J connectivity index is 1.72. The van der Waals surface area contributed by atoms with Crippen LogP contribution < -0.4 is 10.1 Å². The molecule has 134 valence electrons. The number of pyridine rings is 1. The van der Waals surface area contributed by atoms with Gasteiger partial charge in [0.25, 0.3) is 0 Å². The van der Waals surface area contributed by atoms with E-state index < -0.39 is 6.61 Å². The molecule has 0 bridgehead atoms. The predicted molar refractivity (Wildman–Crippen MR) is 99.1 cm³/mol. The Morgan fingerprint density at radius 2 is 1.70 bits per heavy atom. The summed E-state index contributed by atoms with van der Waals surface area (Å²) in [6.45, 7) is -2.85. The number of benzene rings is 2. The number of hydrogen-bond acceptors (Lipinski definition) is 5. The molecule has 0 saturated heterocycles. The summed E-state index contributed by atoms with van der Waals surface area (Å²) in [4.78, 5) is 13.3. The van der Waals surface area contributed by atoms with Crippen molar-refractivity contribution >= 4 is 22.4 Å². The van der Waals surface area contributed by atoms with Crippen molar-refractivity contribution in [1.82, 2.24) is 15.0 Å². The maximum absolute atomic E-state index is 12.3. The molecular formula is C20H14F2N4O. The number of rotatable bonds is 5. The van der Waals surface area contributed by atoms with Gasteiger partial charge in [-0.15, -0.1) is 0 Å². The van der Waals surface area contributed by atoms with Gasteiger partial charge in [-0.25, -0.2) is 9.97 Å². The van der Waals surface area contributed by atoms with Gasteiger partial charge in [-0.1, -0.05) is 12.1 Å². The summed E-state index contributed by atoms with van der Waals surface area (Å²) in [6, 6.07) is 17.6. The normalized spacial score (nSPS) is 10.9. The molecule has 0 fully saturated rings. The number of fused-ring (bicyclic) bond motifs is 1. The lowest BCUT2D eigenvalue weighted by Gasteiger charge is -2.11. The summed E-state index contributed by atoms with van der Waals surface area (Å²) >= 11 is 0. The summed E-state index contributed by atoms with van der Waals surface area (Å²) in [6.07, 6.45) is 3.39. The van der Waals surface area contributed by atoms with Crippen LogP contribution in [-0.2, 0) is 0 Å². The van der Waals surface area contributed by atoms with E-state index in [4.69, 9.17) is 0 Å². The number of para-hydroxylation sites is 1. The number of nitrogens with one attached hydrogen (secondary N) is 1. The van der Waals surface area contributed by atoms with Crippen molar-refractivity contribution in [2.45, 2.75) is 6.61 Å². The molecule has 0 radical (unpaired) electrons. The third-order valence-corrected chi connectivity index (χ3v) is 3.87. The Kier molecular flexibility index (Phi) is 4.57. The number of alkyl halides is 2. The summed E-state index contributed by atoms with van der Waals surface area (Å²) in [7, 11) is 0. The molecule has 4 rings (SSSR count). The molecule has 0 amide bonds. The molecule has 0 saturated carbocycles. The first-order valence-corrected chi connectivity index (χ1v) is 8.18. The zero-order valence-corrected chi connectivity index (χ0v) is 14.0. The number of anilines is 2. The van der Waals surface area contributed by atoms with Crippen molar-refractivity contribution in [1.29, 1.82) is 0 Å². The van der Waals surface area contributed by atoms with Gasteiger partial charge in [-0.05, 0) is 48.5 Å². The van der Waals surface area contributed by atoms with Gasteiger partial charge >= 0.3 is 6.61 Å². The van der Waals surface area contributed by atoms with Gasteiger partial charge in [0.1, 0.15) is 11.6 Å². The zero-order chi connectivity index (χ0) is 18.6. The van der Waals surface area contributed by atoms with Crippen molar-refractivity contribution < 1.29 is 13.5 Å². The number of hydrogen-bond donors (Lipinski definition) is 1. The molecule has 0 aliphatic rings. The maximum Gasteiger partial charge on any atom is 0.387 e. The van der Waals surface area contributed by atoms with E-state index in [1.807, 2.05) is 36.4 Å². The number of halogens is 2. The molecule has 27 heavy (non-hydrogen) atoms. The first-order chi connectivity index (χ1) is 13.2. The molecule has 7 heteroatoms. The minimum atomic E-state index is -2.85. The van der Waals surface area contributed by atoms with Crippen molar-refractivity contribution in [3.05, 3.63) is 73.1 Å². The fourth-order valence-corrected chi connectivity index (χ4v) is 2.65. The molecular weight excluding hydrogens is 350 g/mol. The molecule has 4 aromatic rings. The topological polar surface area (TPSA) is 59.9 Å².